The van der Waals surface area contributed by atoms with E-state index in [4.69, 9.17) is 37.0 Å². The average Bonchev–Trinajstić information content (AvgIpc) is 1.21. The molecule has 0 aromatic carbocycles. The van der Waals surface area contributed by atoms with Gasteiger partial charge in [-0.25, -0.2) is 9.13 Å². The lowest BCUT2D eigenvalue weighted by molar-refractivity contribution is -0.161. The van der Waals surface area contributed by atoms with Crippen molar-refractivity contribution in [1.29, 1.82) is 0 Å². The van der Waals surface area contributed by atoms with Crippen LogP contribution in [0.4, 0.5) is 0 Å². The molecule has 0 aromatic rings. The smallest absolute Gasteiger partial charge is 0.462 e. The second-order valence-electron chi connectivity index (χ2n) is 28.0. The largest absolute Gasteiger partial charge is 0.472 e. The summed E-state index contributed by atoms with van der Waals surface area (Å²) in [7, 11) is -9.91. The zero-order chi connectivity index (χ0) is 70.5. The highest BCUT2D eigenvalue weighted by Crippen LogP contribution is 2.45. The number of rotatable bonds is 77. The normalized spacial score (nSPS) is 14.2. The predicted molar refractivity (Wildman–Crippen MR) is 391 cm³/mol. The van der Waals surface area contributed by atoms with Gasteiger partial charge in [0.1, 0.15) is 19.3 Å². The molecule has 3 N–H and O–H groups in total. The first-order valence-corrected chi connectivity index (χ1v) is 43.2. The molecule has 0 heterocycles. The maximum atomic E-state index is 13.1. The van der Waals surface area contributed by atoms with E-state index in [-0.39, 0.29) is 25.7 Å². The van der Waals surface area contributed by atoms with Gasteiger partial charge >= 0.3 is 39.5 Å². The molecule has 0 saturated heterocycles. The zero-order valence-electron chi connectivity index (χ0n) is 62.5. The van der Waals surface area contributed by atoms with Gasteiger partial charge in [0.05, 0.1) is 26.4 Å². The summed E-state index contributed by atoms with van der Waals surface area (Å²) in [6, 6.07) is 0. The van der Waals surface area contributed by atoms with Crippen LogP contribution in [0.3, 0.4) is 0 Å². The molecule has 570 valence electrons. The highest BCUT2D eigenvalue weighted by molar-refractivity contribution is 7.47. The van der Waals surface area contributed by atoms with Gasteiger partial charge in [0.15, 0.2) is 12.2 Å². The van der Waals surface area contributed by atoms with Crippen LogP contribution in [0, 0.1) is 5.92 Å². The summed E-state index contributed by atoms with van der Waals surface area (Å²) in [6.07, 6.45) is 59.7. The summed E-state index contributed by atoms with van der Waals surface area (Å²) in [5, 5.41) is 10.6. The fraction of sp³-hybridized carbons (Fsp3) is 0.948. The van der Waals surface area contributed by atoms with Crippen molar-refractivity contribution in [2.24, 2.45) is 5.92 Å². The minimum Gasteiger partial charge on any atom is -0.462 e. The molecule has 0 aliphatic rings. The number of carbonyl (C=O) groups excluding carboxylic acids is 4. The predicted octanol–water partition coefficient (Wildman–Crippen LogP) is 22.9. The van der Waals surface area contributed by atoms with Crippen LogP contribution in [0.1, 0.15) is 407 Å². The maximum absolute atomic E-state index is 13.1. The second kappa shape index (κ2) is 70.1. The Morgan fingerprint density at radius 3 is 0.740 bits per heavy atom. The molecule has 19 heteroatoms. The number of aliphatic hydroxyl groups excluding tert-OH is 1. The van der Waals surface area contributed by atoms with E-state index in [1.165, 1.54) is 225 Å². The topological polar surface area (TPSA) is 237 Å². The number of aliphatic hydroxyl groups is 1. The van der Waals surface area contributed by atoms with Gasteiger partial charge in [-0.1, -0.05) is 356 Å². The van der Waals surface area contributed by atoms with Crippen molar-refractivity contribution in [3.05, 3.63) is 0 Å². The SMILES string of the molecule is CCCCCCCCCCCCCCCCCCCCCC(=O)O[C@H](COC(=O)CCCCCCCCCCCCCCCCCC)COP(=O)(O)OC[C@@H](O)COP(=O)(O)OC[C@@H](COC(=O)CCCCCCCCC(C)CC)OC(=O)CCCCCCCCCCCCC. The molecule has 0 aliphatic heterocycles. The first kappa shape index (κ1) is 94.1. The summed E-state index contributed by atoms with van der Waals surface area (Å²) in [4.78, 5) is 72.8. The van der Waals surface area contributed by atoms with Crippen LogP contribution in [0.2, 0.25) is 0 Å². The van der Waals surface area contributed by atoms with Crippen LogP contribution in [-0.2, 0) is 65.4 Å². The molecule has 0 saturated carbocycles. The first-order chi connectivity index (χ1) is 46.6. The van der Waals surface area contributed by atoms with Crippen molar-refractivity contribution in [3.63, 3.8) is 0 Å². The minimum absolute atomic E-state index is 0.106. The summed E-state index contributed by atoms with van der Waals surface area (Å²) in [5.41, 5.74) is 0. The van der Waals surface area contributed by atoms with E-state index in [9.17, 15) is 43.2 Å². The average molecular weight is 1410 g/mol. The number of unbranched alkanes of at least 4 members (excludes halogenated alkanes) is 48. The highest BCUT2D eigenvalue weighted by atomic mass is 31.2. The first-order valence-electron chi connectivity index (χ1n) is 40.2. The molecule has 0 bridgehead atoms. The third-order valence-corrected chi connectivity index (χ3v) is 20.3. The maximum Gasteiger partial charge on any atom is 0.472 e. The molecule has 0 aliphatic carbocycles. The summed E-state index contributed by atoms with van der Waals surface area (Å²) in [6.45, 7) is 7.26. The molecular weight excluding hydrogens is 1260 g/mol. The van der Waals surface area contributed by atoms with Gasteiger partial charge in [-0.2, -0.15) is 0 Å². The Labute approximate surface area is 588 Å². The van der Waals surface area contributed by atoms with Gasteiger partial charge in [0.2, 0.25) is 0 Å². The fourth-order valence-electron chi connectivity index (χ4n) is 11.8. The van der Waals surface area contributed by atoms with E-state index in [2.05, 4.69) is 34.6 Å². The van der Waals surface area contributed by atoms with Crippen molar-refractivity contribution in [2.75, 3.05) is 39.6 Å². The van der Waals surface area contributed by atoms with Gasteiger partial charge in [-0.3, -0.25) is 37.3 Å². The van der Waals surface area contributed by atoms with Crippen molar-refractivity contribution in [2.45, 2.75) is 425 Å². The fourth-order valence-corrected chi connectivity index (χ4v) is 13.4. The molecular formula is C77H150O17P2. The van der Waals surface area contributed by atoms with Crippen LogP contribution >= 0.6 is 15.6 Å². The standard InChI is InChI=1S/C77H150O17P2/c1-6-10-13-16-19-22-25-27-29-31-32-33-35-37-40-43-46-53-58-63-77(82)93-72(66-87-74(79)60-55-50-44-41-39-36-34-30-28-26-23-20-17-14-11-7-2)68-91-95(83,84)89-64-71(78)65-90-96(85,86)92-69-73(67-88-75(80)61-56-51-48-47-49-54-59-70(5)9-4)94-76(81)62-57-52-45-42-38-24-21-18-15-12-8-3/h70-73,78H,6-69H2,1-5H3,(H,83,84)(H,85,86)/t70?,71-,72-,73-/m1/s1. The van der Waals surface area contributed by atoms with E-state index in [0.29, 0.717) is 25.7 Å². The molecule has 0 rings (SSSR count). The monoisotopic (exact) mass is 1410 g/mol. The van der Waals surface area contributed by atoms with Crippen molar-refractivity contribution in [3.8, 4) is 0 Å². The zero-order valence-corrected chi connectivity index (χ0v) is 64.3. The molecule has 0 radical (unpaired) electrons. The number of hydrogen-bond donors (Lipinski definition) is 3. The molecule has 6 atom stereocenters. The van der Waals surface area contributed by atoms with Gasteiger partial charge in [-0.15, -0.1) is 0 Å². The van der Waals surface area contributed by atoms with Crippen molar-refractivity contribution >= 4 is 39.5 Å². The number of ether oxygens (including phenoxy) is 4. The highest BCUT2D eigenvalue weighted by Gasteiger charge is 2.30. The van der Waals surface area contributed by atoms with E-state index in [1.54, 1.807) is 0 Å². The summed E-state index contributed by atoms with van der Waals surface area (Å²) >= 11 is 0. The molecule has 0 aromatic heterocycles. The second-order valence-corrected chi connectivity index (χ2v) is 30.9. The van der Waals surface area contributed by atoms with Crippen molar-refractivity contribution in [1.82, 2.24) is 0 Å². The Hall–Kier alpha value is -1.94. The van der Waals surface area contributed by atoms with Gasteiger partial charge in [0, 0.05) is 25.7 Å². The van der Waals surface area contributed by atoms with Crippen LogP contribution < -0.4 is 0 Å². The number of hydrogen-bond acceptors (Lipinski definition) is 15. The minimum atomic E-state index is -4.96. The Morgan fingerprint density at radius 2 is 0.500 bits per heavy atom. The molecule has 3 unspecified atom stereocenters. The van der Waals surface area contributed by atoms with E-state index in [0.717, 1.165) is 102 Å². The number of phosphoric acid groups is 2. The van der Waals surface area contributed by atoms with Gasteiger partial charge in [0.25, 0.3) is 0 Å². The molecule has 0 fully saturated rings. The molecule has 0 spiro atoms. The molecule has 0 amide bonds. The Morgan fingerprint density at radius 1 is 0.292 bits per heavy atom. The molecule has 17 nitrogen and oxygen atoms in total. The quantitative estimate of drug-likeness (QED) is 0.0222. The van der Waals surface area contributed by atoms with E-state index < -0.39 is 97.5 Å². The van der Waals surface area contributed by atoms with Crippen LogP contribution in [-0.4, -0.2) is 96.7 Å². The third-order valence-electron chi connectivity index (χ3n) is 18.4. The van der Waals surface area contributed by atoms with Crippen LogP contribution in [0.5, 0.6) is 0 Å². The number of phosphoric ester groups is 2. The number of esters is 4. The van der Waals surface area contributed by atoms with E-state index >= 15 is 0 Å². The van der Waals surface area contributed by atoms with Gasteiger partial charge < -0.3 is 33.8 Å². The lowest BCUT2D eigenvalue weighted by Gasteiger charge is -2.21. The van der Waals surface area contributed by atoms with Gasteiger partial charge in [-0.05, 0) is 31.6 Å². The Kier molecular flexibility index (Phi) is 68.7. The summed E-state index contributed by atoms with van der Waals surface area (Å²) in [5.74, 6) is -1.38. The van der Waals surface area contributed by atoms with E-state index in [1.807, 2.05) is 0 Å². The third kappa shape index (κ3) is 69.2. The Balaban J connectivity index is 5.22. The van der Waals surface area contributed by atoms with Crippen LogP contribution in [0.15, 0.2) is 0 Å². The lowest BCUT2D eigenvalue weighted by Crippen LogP contribution is -2.30. The van der Waals surface area contributed by atoms with Crippen LogP contribution in [0.25, 0.3) is 0 Å². The molecule has 96 heavy (non-hydrogen) atoms. The lowest BCUT2D eigenvalue weighted by atomic mass is 10.00. The number of carbonyl (C=O) groups is 4. The summed E-state index contributed by atoms with van der Waals surface area (Å²) < 4.78 is 68.5. The Bertz CT molecular complexity index is 1840. The van der Waals surface area contributed by atoms with Crippen molar-refractivity contribution < 1.29 is 80.2 Å².